The number of unbranched alkanes of at least 4 members (excludes halogenated alkanes) is 1. The number of carbonyl (C=O) groups excluding carboxylic acids is 1. The molecule has 1 amide bonds. The molecule has 3 aromatic rings. The van der Waals surface area contributed by atoms with Gasteiger partial charge in [0, 0.05) is 17.3 Å². The number of nitrogens with one attached hydrogen (secondary N) is 1. The van der Waals surface area contributed by atoms with Crippen LogP contribution in [0.2, 0.25) is 5.02 Å². The van der Waals surface area contributed by atoms with E-state index in [-0.39, 0.29) is 5.91 Å². The number of hydrogen-bond donors (Lipinski definition) is 1. The lowest BCUT2D eigenvalue weighted by Crippen LogP contribution is -2.30. The molecule has 1 N–H and O–H groups in total. The fourth-order valence-electron chi connectivity index (χ4n) is 3.44. The lowest BCUT2D eigenvalue weighted by molar-refractivity contribution is 0.0939. The summed E-state index contributed by atoms with van der Waals surface area (Å²) in [6, 6.07) is 15.8. The molecule has 1 aromatic heterocycles. The number of hydrogen-bond acceptors (Lipinski definition) is 2. The zero-order valence-electron chi connectivity index (χ0n) is 17.1. The van der Waals surface area contributed by atoms with E-state index in [1.807, 2.05) is 53.1 Å². The summed E-state index contributed by atoms with van der Waals surface area (Å²) in [6.45, 7) is 5.07. The molecule has 0 spiro atoms. The maximum absolute atomic E-state index is 12.8. The summed E-state index contributed by atoms with van der Waals surface area (Å²) < 4.78 is 1.83. The second kappa shape index (κ2) is 10.3. The van der Waals surface area contributed by atoms with Crippen LogP contribution < -0.4 is 5.32 Å². The average Bonchev–Trinajstić information content (AvgIpc) is 3.24. The molecule has 2 aromatic carbocycles. The minimum absolute atomic E-state index is 0.0920. The molecule has 5 heteroatoms. The highest BCUT2D eigenvalue weighted by molar-refractivity contribution is 6.30. The van der Waals surface area contributed by atoms with E-state index in [1.165, 1.54) is 12.8 Å². The van der Waals surface area contributed by atoms with Crippen LogP contribution in [-0.2, 0) is 0 Å². The minimum atomic E-state index is -0.0920. The maximum Gasteiger partial charge on any atom is 0.269 e. The van der Waals surface area contributed by atoms with E-state index in [0.717, 1.165) is 29.7 Å². The molecule has 4 nitrogen and oxygen atoms in total. The summed E-state index contributed by atoms with van der Waals surface area (Å²) in [5.41, 5.74) is 3.50. The van der Waals surface area contributed by atoms with Crippen LogP contribution >= 0.6 is 11.6 Å². The van der Waals surface area contributed by atoms with E-state index in [1.54, 1.807) is 12.5 Å². The first-order chi connectivity index (χ1) is 14.1. The molecule has 3 rings (SSSR count). The summed E-state index contributed by atoms with van der Waals surface area (Å²) in [7, 11) is 0. The Morgan fingerprint density at radius 1 is 1.14 bits per heavy atom. The van der Waals surface area contributed by atoms with E-state index in [2.05, 4.69) is 24.1 Å². The second-order valence-corrected chi connectivity index (χ2v) is 7.77. The van der Waals surface area contributed by atoms with Gasteiger partial charge in [0.05, 0.1) is 12.5 Å². The minimum Gasteiger partial charge on any atom is -0.350 e. The average molecular weight is 410 g/mol. The van der Waals surface area contributed by atoms with Crippen molar-refractivity contribution in [2.75, 3.05) is 6.54 Å². The number of rotatable bonds is 9. The topological polar surface area (TPSA) is 46.9 Å². The lowest BCUT2D eigenvalue weighted by Gasteiger charge is -2.16. The van der Waals surface area contributed by atoms with Crippen molar-refractivity contribution in [3.05, 3.63) is 71.8 Å². The van der Waals surface area contributed by atoms with Crippen LogP contribution in [0.4, 0.5) is 0 Å². The fraction of sp³-hybridized carbons (Fsp3) is 0.333. The molecule has 29 heavy (non-hydrogen) atoms. The van der Waals surface area contributed by atoms with Gasteiger partial charge in [-0.25, -0.2) is 4.98 Å². The van der Waals surface area contributed by atoms with Crippen LogP contribution in [0.3, 0.4) is 0 Å². The Balaban J connectivity index is 1.78. The molecule has 152 valence electrons. The van der Waals surface area contributed by atoms with Crippen molar-refractivity contribution < 1.29 is 4.79 Å². The van der Waals surface area contributed by atoms with Gasteiger partial charge >= 0.3 is 0 Å². The monoisotopic (exact) mass is 409 g/mol. The normalized spacial score (nSPS) is 12.0. The van der Waals surface area contributed by atoms with Gasteiger partial charge in [0.2, 0.25) is 0 Å². The number of nitrogens with zero attached hydrogens (tertiary/aromatic N) is 2. The summed E-state index contributed by atoms with van der Waals surface area (Å²) in [4.78, 5) is 17.0. The molecular weight excluding hydrogens is 382 g/mol. The number of carbonyl (C=O) groups is 1. The highest BCUT2D eigenvalue weighted by Gasteiger charge is 2.15. The third kappa shape index (κ3) is 5.48. The highest BCUT2D eigenvalue weighted by atomic mass is 35.5. The molecular formula is C24H28ClN3O. The van der Waals surface area contributed by atoms with Gasteiger partial charge in [-0.3, -0.25) is 9.36 Å². The first-order valence-corrected chi connectivity index (χ1v) is 10.7. The maximum atomic E-state index is 12.8. The van der Waals surface area contributed by atoms with Crippen molar-refractivity contribution in [1.29, 1.82) is 0 Å². The Morgan fingerprint density at radius 3 is 2.62 bits per heavy atom. The van der Waals surface area contributed by atoms with Crippen LogP contribution in [0.15, 0.2) is 61.1 Å². The van der Waals surface area contributed by atoms with Crippen LogP contribution in [0.5, 0.6) is 0 Å². The number of halogens is 1. The van der Waals surface area contributed by atoms with Gasteiger partial charge in [-0.05, 0) is 47.7 Å². The van der Waals surface area contributed by atoms with E-state index < -0.39 is 0 Å². The van der Waals surface area contributed by atoms with E-state index in [0.29, 0.717) is 23.2 Å². The van der Waals surface area contributed by atoms with Gasteiger partial charge < -0.3 is 5.32 Å². The molecule has 0 aliphatic heterocycles. The van der Waals surface area contributed by atoms with Gasteiger partial charge in [0.25, 0.3) is 5.91 Å². The Hall–Kier alpha value is -2.59. The van der Waals surface area contributed by atoms with Crippen molar-refractivity contribution in [3.8, 4) is 16.8 Å². The SMILES string of the molecule is CCCC[C@H](CC)CNC(=O)c1cncn1-c1cccc(-c2cccc(Cl)c2)c1. The molecule has 0 saturated carbocycles. The molecule has 1 heterocycles. The predicted octanol–water partition coefficient (Wildman–Crippen LogP) is 6.14. The largest absolute Gasteiger partial charge is 0.350 e. The zero-order chi connectivity index (χ0) is 20.6. The van der Waals surface area contributed by atoms with Gasteiger partial charge in [0.15, 0.2) is 0 Å². The summed E-state index contributed by atoms with van der Waals surface area (Å²) >= 11 is 6.14. The second-order valence-electron chi connectivity index (χ2n) is 7.34. The van der Waals surface area contributed by atoms with Gasteiger partial charge in [-0.1, -0.05) is 69.0 Å². The lowest BCUT2D eigenvalue weighted by atomic mass is 9.99. The number of imidazole rings is 1. The molecule has 0 unspecified atom stereocenters. The van der Waals surface area contributed by atoms with Crippen LogP contribution in [0.1, 0.15) is 50.0 Å². The third-order valence-electron chi connectivity index (χ3n) is 5.25. The molecule has 0 aliphatic rings. The van der Waals surface area contributed by atoms with Crippen molar-refractivity contribution in [2.24, 2.45) is 5.92 Å². The van der Waals surface area contributed by atoms with Crippen molar-refractivity contribution in [1.82, 2.24) is 14.9 Å². The molecule has 0 fully saturated rings. The highest BCUT2D eigenvalue weighted by Crippen LogP contribution is 2.25. The quantitative estimate of drug-likeness (QED) is 0.461. The fourth-order valence-corrected chi connectivity index (χ4v) is 3.63. The summed E-state index contributed by atoms with van der Waals surface area (Å²) in [5, 5.41) is 3.79. The van der Waals surface area contributed by atoms with Crippen LogP contribution in [0, 0.1) is 5.92 Å². The van der Waals surface area contributed by atoms with Crippen LogP contribution in [-0.4, -0.2) is 22.0 Å². The number of amides is 1. The number of benzene rings is 2. The van der Waals surface area contributed by atoms with E-state index in [9.17, 15) is 4.79 Å². The smallest absolute Gasteiger partial charge is 0.269 e. The van der Waals surface area contributed by atoms with Crippen molar-refractivity contribution >= 4 is 17.5 Å². The molecule has 0 radical (unpaired) electrons. The molecule has 0 bridgehead atoms. The van der Waals surface area contributed by atoms with Crippen molar-refractivity contribution in [2.45, 2.75) is 39.5 Å². The Morgan fingerprint density at radius 2 is 1.90 bits per heavy atom. The molecule has 1 atom stereocenters. The zero-order valence-corrected chi connectivity index (χ0v) is 17.8. The van der Waals surface area contributed by atoms with E-state index >= 15 is 0 Å². The number of aromatic nitrogens is 2. The van der Waals surface area contributed by atoms with Gasteiger partial charge in [-0.15, -0.1) is 0 Å². The summed E-state index contributed by atoms with van der Waals surface area (Å²) in [6.07, 6.45) is 7.90. The Labute approximate surface area is 177 Å². The van der Waals surface area contributed by atoms with Gasteiger partial charge in [-0.2, -0.15) is 0 Å². The first-order valence-electron chi connectivity index (χ1n) is 10.3. The summed E-state index contributed by atoms with van der Waals surface area (Å²) in [5.74, 6) is 0.423. The van der Waals surface area contributed by atoms with Crippen molar-refractivity contribution in [3.63, 3.8) is 0 Å². The van der Waals surface area contributed by atoms with E-state index in [4.69, 9.17) is 11.6 Å². The van der Waals surface area contributed by atoms with Crippen LogP contribution in [0.25, 0.3) is 16.8 Å². The Kier molecular flexibility index (Phi) is 7.48. The van der Waals surface area contributed by atoms with Gasteiger partial charge in [0.1, 0.15) is 5.69 Å². The first kappa shape index (κ1) is 21.1. The standard InChI is InChI=1S/C24H28ClN3O/c1-3-5-8-18(4-2)15-27-24(29)23-16-26-17-28(23)22-12-7-10-20(14-22)19-9-6-11-21(25)13-19/h6-7,9-14,16-18H,3-5,8,15H2,1-2H3,(H,27,29)/t18-/m0/s1. The molecule has 0 aliphatic carbocycles. The third-order valence-corrected chi connectivity index (χ3v) is 5.48. The predicted molar refractivity (Wildman–Crippen MR) is 120 cm³/mol. The Bertz CT molecular complexity index is 951. The molecule has 0 saturated heterocycles.